The largest absolute Gasteiger partial charge is 0.477 e. The summed E-state index contributed by atoms with van der Waals surface area (Å²) in [6.45, 7) is 13.0. The van der Waals surface area contributed by atoms with Crippen LogP contribution in [0.4, 0.5) is 22.0 Å². The van der Waals surface area contributed by atoms with E-state index >= 15 is 0 Å². The first kappa shape index (κ1) is 21.8. The molecule has 2 unspecified atom stereocenters. The molecule has 3 aliphatic rings. The maximum absolute atomic E-state index is 12.4. The average Bonchev–Trinajstić information content (AvgIpc) is 3.71. The number of nitrogens with zero attached hydrogens (tertiary/aromatic N) is 4. The molecule has 2 aliphatic carbocycles. The highest BCUT2D eigenvalue weighted by Crippen LogP contribution is 2.58. The molecule has 2 aromatic rings. The summed E-state index contributed by atoms with van der Waals surface area (Å²) in [5.74, 6) is 1.57. The Bertz CT molecular complexity index is 1150. The van der Waals surface area contributed by atoms with Gasteiger partial charge in [0.15, 0.2) is 5.69 Å². The molecule has 33 heavy (non-hydrogen) atoms. The van der Waals surface area contributed by atoms with Gasteiger partial charge in [0.1, 0.15) is 17.7 Å². The molecule has 0 spiro atoms. The minimum absolute atomic E-state index is 0.101. The Hall–Kier alpha value is -3.05. The number of ether oxygens (including phenoxy) is 2. The molecule has 2 saturated carbocycles. The molecule has 1 saturated heterocycles. The number of aromatic nitrogens is 2. The Morgan fingerprint density at radius 2 is 2.18 bits per heavy atom. The molecule has 0 radical (unpaired) electrons. The van der Waals surface area contributed by atoms with Crippen molar-refractivity contribution >= 4 is 34.9 Å². The molecule has 8 nitrogen and oxygen atoms in total. The molecule has 2 heterocycles. The Balaban J connectivity index is 1.19. The van der Waals surface area contributed by atoms with Crippen molar-refractivity contribution in [2.75, 3.05) is 25.0 Å². The van der Waals surface area contributed by atoms with Gasteiger partial charge in [-0.25, -0.2) is 19.6 Å². The van der Waals surface area contributed by atoms with E-state index in [-0.39, 0.29) is 17.1 Å². The van der Waals surface area contributed by atoms with Gasteiger partial charge in [-0.15, -0.1) is 0 Å². The fraction of sp³-hybridized carbons (Fsp3) is 0.500. The van der Waals surface area contributed by atoms with Crippen molar-refractivity contribution in [1.82, 2.24) is 14.9 Å². The molecule has 3 fully saturated rings. The van der Waals surface area contributed by atoms with E-state index in [1.54, 1.807) is 18.2 Å². The van der Waals surface area contributed by atoms with Gasteiger partial charge in [0, 0.05) is 18.5 Å². The summed E-state index contributed by atoms with van der Waals surface area (Å²) in [6, 6.07) is 5.08. The van der Waals surface area contributed by atoms with E-state index in [9.17, 15) is 4.79 Å². The first-order chi connectivity index (χ1) is 15.8. The molecule has 9 heteroatoms. The van der Waals surface area contributed by atoms with Crippen molar-refractivity contribution in [3.63, 3.8) is 0 Å². The van der Waals surface area contributed by atoms with E-state index in [0.29, 0.717) is 47.2 Å². The number of carbonyl (C=O) groups excluding carboxylic acids is 1. The van der Waals surface area contributed by atoms with E-state index in [0.717, 1.165) is 37.8 Å². The van der Waals surface area contributed by atoms with E-state index < -0.39 is 0 Å². The smallest absolute Gasteiger partial charge is 0.410 e. The van der Waals surface area contributed by atoms with E-state index in [1.165, 1.54) is 6.33 Å². The van der Waals surface area contributed by atoms with Crippen LogP contribution in [0.2, 0.25) is 5.02 Å². The fourth-order valence-electron chi connectivity index (χ4n) is 4.40. The number of hydrogen-bond acceptors (Lipinski definition) is 6. The molecule has 1 N–H and O–H groups in total. The van der Waals surface area contributed by atoms with Gasteiger partial charge < -0.3 is 19.7 Å². The molecule has 2 atom stereocenters. The van der Waals surface area contributed by atoms with Crippen LogP contribution in [0.1, 0.15) is 38.2 Å². The van der Waals surface area contributed by atoms with Crippen LogP contribution in [-0.4, -0.2) is 46.3 Å². The minimum atomic E-state index is -0.238. The second-order valence-electron chi connectivity index (χ2n) is 9.62. The Morgan fingerprint density at radius 1 is 1.36 bits per heavy atom. The third kappa shape index (κ3) is 4.42. The van der Waals surface area contributed by atoms with E-state index in [4.69, 9.17) is 27.6 Å². The maximum atomic E-state index is 12.4. The van der Waals surface area contributed by atoms with E-state index in [2.05, 4.69) is 20.1 Å². The lowest BCUT2D eigenvalue weighted by atomic mass is 9.96. The maximum Gasteiger partial charge on any atom is 0.410 e. The van der Waals surface area contributed by atoms with Crippen LogP contribution in [0.15, 0.2) is 24.5 Å². The van der Waals surface area contributed by atoms with Crippen molar-refractivity contribution in [1.29, 1.82) is 0 Å². The van der Waals surface area contributed by atoms with Gasteiger partial charge in [-0.2, -0.15) is 0 Å². The highest BCUT2D eigenvalue weighted by Gasteiger charge is 2.58. The van der Waals surface area contributed by atoms with Crippen LogP contribution < -0.4 is 10.1 Å². The molecule has 172 valence electrons. The van der Waals surface area contributed by atoms with Crippen LogP contribution in [-0.2, 0) is 4.74 Å². The quantitative estimate of drug-likeness (QED) is 0.564. The first-order valence-electron chi connectivity index (χ1n) is 11.2. The molecular formula is C24H26ClN5O3. The Labute approximate surface area is 198 Å². The molecular weight excluding hydrogens is 442 g/mol. The Morgan fingerprint density at radius 3 is 2.88 bits per heavy atom. The van der Waals surface area contributed by atoms with Crippen LogP contribution in [0.5, 0.6) is 5.88 Å². The highest BCUT2D eigenvalue weighted by atomic mass is 35.5. The van der Waals surface area contributed by atoms with Crippen molar-refractivity contribution in [3.05, 3.63) is 46.5 Å². The number of piperidine rings is 1. The SMILES string of the molecule is [C-]#[N+]c1ccc(Nc2ncnc(OCC34CCN(C(=O)OC5(C)CC5)CC3C4)c2C)c(Cl)c1. The third-order valence-corrected chi connectivity index (χ3v) is 7.41. The van der Waals surface area contributed by atoms with Gasteiger partial charge in [0.2, 0.25) is 5.88 Å². The first-order valence-corrected chi connectivity index (χ1v) is 11.5. The van der Waals surface area contributed by atoms with Gasteiger partial charge in [-0.05, 0) is 57.6 Å². The standard InChI is InChI=1S/C24H26ClN5O3/c1-15-20(29-19-5-4-17(26-3)10-18(19)25)27-14-28-21(15)32-13-24-8-9-30(12-16(24)11-24)22(31)33-23(2)6-7-23/h4-5,10,14,16H,6-9,11-13H2,1-2H3,(H,27,28,29). The zero-order chi connectivity index (χ0) is 23.2. The average molecular weight is 468 g/mol. The number of amides is 1. The van der Waals surface area contributed by atoms with Crippen molar-refractivity contribution in [2.24, 2.45) is 11.3 Å². The summed E-state index contributed by atoms with van der Waals surface area (Å²) in [4.78, 5) is 26.3. The van der Waals surface area contributed by atoms with Crippen LogP contribution >= 0.6 is 11.6 Å². The monoisotopic (exact) mass is 467 g/mol. The molecule has 1 amide bonds. The number of anilines is 2. The normalized spacial score (nSPS) is 24.3. The topological polar surface area (TPSA) is 80.9 Å². The number of hydrogen-bond donors (Lipinski definition) is 1. The summed E-state index contributed by atoms with van der Waals surface area (Å²) in [6.07, 6.45) is 5.16. The van der Waals surface area contributed by atoms with Gasteiger partial charge in [-0.1, -0.05) is 17.7 Å². The molecule has 1 aliphatic heterocycles. The number of likely N-dealkylation sites (tertiary alicyclic amines) is 1. The lowest BCUT2D eigenvalue weighted by Crippen LogP contribution is -2.42. The number of nitrogens with one attached hydrogen (secondary N) is 1. The second kappa shape index (κ2) is 8.07. The Kier molecular flexibility index (Phi) is 5.32. The highest BCUT2D eigenvalue weighted by molar-refractivity contribution is 6.33. The predicted molar refractivity (Wildman–Crippen MR) is 124 cm³/mol. The lowest BCUT2D eigenvalue weighted by molar-refractivity contribution is 0.0439. The molecule has 1 aromatic heterocycles. The molecule has 5 rings (SSSR count). The second-order valence-corrected chi connectivity index (χ2v) is 10.0. The number of fused-ring (bicyclic) bond motifs is 1. The van der Waals surface area contributed by atoms with Gasteiger partial charge in [-0.3, -0.25) is 0 Å². The predicted octanol–water partition coefficient (Wildman–Crippen LogP) is 5.51. The number of benzene rings is 1. The summed E-state index contributed by atoms with van der Waals surface area (Å²) >= 11 is 6.29. The van der Waals surface area contributed by atoms with Gasteiger partial charge >= 0.3 is 6.09 Å². The van der Waals surface area contributed by atoms with Crippen molar-refractivity contribution in [2.45, 2.75) is 45.1 Å². The number of carbonyl (C=O) groups is 1. The van der Waals surface area contributed by atoms with E-state index in [1.807, 2.05) is 18.7 Å². The minimum Gasteiger partial charge on any atom is -0.477 e. The van der Waals surface area contributed by atoms with Crippen LogP contribution in [0.25, 0.3) is 4.85 Å². The fourth-order valence-corrected chi connectivity index (χ4v) is 4.62. The zero-order valence-corrected chi connectivity index (χ0v) is 19.5. The number of halogens is 1. The van der Waals surface area contributed by atoms with Gasteiger partial charge in [0.05, 0.1) is 29.5 Å². The van der Waals surface area contributed by atoms with Crippen LogP contribution in [0, 0.1) is 24.8 Å². The lowest BCUT2D eigenvalue weighted by Gasteiger charge is -2.31. The summed E-state index contributed by atoms with van der Waals surface area (Å²) < 4.78 is 11.8. The van der Waals surface area contributed by atoms with Crippen molar-refractivity contribution in [3.8, 4) is 5.88 Å². The number of rotatable bonds is 6. The molecule has 1 aromatic carbocycles. The van der Waals surface area contributed by atoms with Gasteiger partial charge in [0.25, 0.3) is 0 Å². The summed E-state index contributed by atoms with van der Waals surface area (Å²) in [5, 5.41) is 3.66. The summed E-state index contributed by atoms with van der Waals surface area (Å²) in [5.41, 5.74) is 1.79. The van der Waals surface area contributed by atoms with Crippen molar-refractivity contribution < 1.29 is 14.3 Å². The zero-order valence-electron chi connectivity index (χ0n) is 18.7. The molecule has 0 bridgehead atoms. The van der Waals surface area contributed by atoms with Crippen LogP contribution in [0.3, 0.4) is 0 Å². The third-order valence-electron chi connectivity index (χ3n) is 7.09. The summed E-state index contributed by atoms with van der Waals surface area (Å²) in [7, 11) is 0.